The topological polar surface area (TPSA) is 40.5 Å². The van der Waals surface area contributed by atoms with E-state index in [4.69, 9.17) is 5.11 Å². The van der Waals surface area contributed by atoms with Crippen LogP contribution in [0.5, 0.6) is 0 Å². The molecule has 0 aliphatic carbocycles. The lowest BCUT2D eigenvalue weighted by molar-refractivity contribution is -0.131. The Balaban J connectivity index is 0. The van der Waals surface area contributed by atoms with Crippen LogP contribution in [-0.4, -0.2) is 35.6 Å². The van der Waals surface area contributed by atoms with Gasteiger partial charge >= 0.3 is 0 Å². The second-order valence-corrected chi connectivity index (χ2v) is 7.03. The van der Waals surface area contributed by atoms with E-state index in [2.05, 4.69) is 19.1 Å². The molecule has 0 unspecified atom stereocenters. The average Bonchev–Trinajstić information content (AvgIpc) is 2.62. The van der Waals surface area contributed by atoms with Gasteiger partial charge in [0, 0.05) is 19.5 Å². The molecule has 0 fully saturated rings. The highest BCUT2D eigenvalue weighted by Gasteiger charge is 2.09. The molecule has 26 heavy (non-hydrogen) atoms. The van der Waals surface area contributed by atoms with Crippen LogP contribution >= 0.6 is 12.4 Å². The van der Waals surface area contributed by atoms with Crippen LogP contribution in [0, 0.1) is 0 Å². The third kappa shape index (κ3) is 18.3. The Morgan fingerprint density at radius 2 is 1.31 bits per heavy atom. The van der Waals surface area contributed by atoms with Crippen molar-refractivity contribution in [2.45, 2.75) is 104 Å². The molecule has 0 aromatic heterocycles. The first-order valence-electron chi connectivity index (χ1n) is 10.8. The van der Waals surface area contributed by atoms with E-state index in [1.165, 1.54) is 70.6 Å². The van der Waals surface area contributed by atoms with E-state index in [0.29, 0.717) is 19.5 Å². The van der Waals surface area contributed by atoms with Crippen molar-refractivity contribution in [2.24, 2.45) is 0 Å². The number of halogens is 1. The second kappa shape index (κ2) is 22.5. The van der Waals surface area contributed by atoms with Gasteiger partial charge in [-0.1, -0.05) is 70.4 Å². The molecule has 0 heterocycles. The lowest BCUT2D eigenvalue weighted by Gasteiger charge is -2.19. The first-order valence-corrected chi connectivity index (χ1v) is 10.8. The molecule has 4 heteroatoms. The van der Waals surface area contributed by atoms with E-state index in [9.17, 15) is 4.79 Å². The Labute approximate surface area is 169 Å². The molecule has 0 saturated heterocycles. The van der Waals surface area contributed by atoms with Crippen LogP contribution < -0.4 is 0 Å². The van der Waals surface area contributed by atoms with Crippen LogP contribution in [0.4, 0.5) is 0 Å². The van der Waals surface area contributed by atoms with Gasteiger partial charge in [-0.2, -0.15) is 0 Å². The predicted octanol–water partition coefficient (Wildman–Crippen LogP) is 6.29. The van der Waals surface area contributed by atoms with Gasteiger partial charge in [-0.05, 0) is 39.0 Å². The molecule has 0 aromatic rings. The van der Waals surface area contributed by atoms with Gasteiger partial charge in [0.25, 0.3) is 0 Å². The summed E-state index contributed by atoms with van der Waals surface area (Å²) in [7, 11) is 0. The predicted molar refractivity (Wildman–Crippen MR) is 116 cm³/mol. The molecule has 156 valence electrons. The molecule has 0 aliphatic heterocycles. The number of likely N-dealkylation sites (N-methyl/N-ethyl adjacent to an activating group) is 1. The van der Waals surface area contributed by atoms with Crippen molar-refractivity contribution >= 4 is 18.3 Å². The minimum absolute atomic E-state index is 0. The van der Waals surface area contributed by atoms with E-state index in [0.717, 1.165) is 12.8 Å². The summed E-state index contributed by atoms with van der Waals surface area (Å²) in [4.78, 5) is 13.6. The number of carbonyl (C=O) groups is 1. The number of hydrogen-bond acceptors (Lipinski definition) is 2. The first-order chi connectivity index (χ1) is 12.3. The maximum Gasteiger partial charge on any atom is 0.222 e. The maximum atomic E-state index is 11.9. The molecule has 0 aliphatic rings. The summed E-state index contributed by atoms with van der Waals surface area (Å²) in [5, 5.41) is 8.92. The van der Waals surface area contributed by atoms with Gasteiger partial charge in [0.1, 0.15) is 0 Å². The second-order valence-electron chi connectivity index (χ2n) is 7.03. The highest BCUT2D eigenvalue weighted by atomic mass is 35.5. The molecular formula is C22H44ClNO2. The number of hydrogen-bond donors (Lipinski definition) is 1. The fourth-order valence-electron chi connectivity index (χ4n) is 3.08. The van der Waals surface area contributed by atoms with Crippen LogP contribution in [0.1, 0.15) is 104 Å². The summed E-state index contributed by atoms with van der Waals surface area (Å²) in [6.45, 7) is 5.46. The third-order valence-electron chi connectivity index (χ3n) is 4.76. The monoisotopic (exact) mass is 389 g/mol. The van der Waals surface area contributed by atoms with E-state index in [-0.39, 0.29) is 24.9 Å². The van der Waals surface area contributed by atoms with Crippen molar-refractivity contribution in [1.29, 1.82) is 0 Å². The van der Waals surface area contributed by atoms with Gasteiger partial charge in [0.15, 0.2) is 0 Å². The van der Waals surface area contributed by atoms with Crippen LogP contribution in [0.15, 0.2) is 12.2 Å². The van der Waals surface area contributed by atoms with E-state index in [1.807, 2.05) is 6.92 Å². The lowest BCUT2D eigenvalue weighted by Crippen LogP contribution is -2.33. The van der Waals surface area contributed by atoms with Gasteiger partial charge in [-0.3, -0.25) is 4.79 Å². The molecule has 0 aromatic carbocycles. The Bertz CT molecular complexity index is 321. The molecule has 3 nitrogen and oxygen atoms in total. The normalized spacial score (nSPS) is 10.9. The maximum absolute atomic E-state index is 11.9. The molecule has 1 amide bonds. The van der Waals surface area contributed by atoms with Gasteiger partial charge in [0.2, 0.25) is 5.91 Å². The molecule has 0 spiro atoms. The van der Waals surface area contributed by atoms with Crippen molar-refractivity contribution in [3.8, 4) is 0 Å². The number of aliphatic hydroxyl groups excluding tert-OH is 1. The largest absolute Gasteiger partial charge is 0.395 e. The number of amides is 1. The number of unbranched alkanes of at least 4 members (excludes halogenated alkanes) is 11. The molecular weight excluding hydrogens is 346 g/mol. The highest BCUT2D eigenvalue weighted by Crippen LogP contribution is 2.10. The number of aliphatic hydroxyl groups is 1. The van der Waals surface area contributed by atoms with Crippen LogP contribution in [0.3, 0.4) is 0 Å². The Morgan fingerprint density at radius 1 is 0.808 bits per heavy atom. The zero-order valence-electron chi connectivity index (χ0n) is 17.4. The molecule has 0 radical (unpaired) electrons. The van der Waals surface area contributed by atoms with Crippen LogP contribution in [0.25, 0.3) is 0 Å². The average molecular weight is 390 g/mol. The Kier molecular flexibility index (Phi) is 24.0. The standard InChI is InChI=1S/C22H43NO2.ClH/c1-3-5-6-7-8-9-10-11-12-13-14-15-16-17-18-19-22(25)23(4-2)20-21-24;/h11-12,24H,3-10,13-21H2,1-2H3;1H/b12-11-;. The summed E-state index contributed by atoms with van der Waals surface area (Å²) in [5.74, 6) is 0.189. The zero-order chi connectivity index (χ0) is 18.6. The number of allylic oxidation sites excluding steroid dienone is 2. The van der Waals surface area contributed by atoms with Crippen molar-refractivity contribution in [2.75, 3.05) is 19.7 Å². The smallest absolute Gasteiger partial charge is 0.222 e. The molecule has 0 bridgehead atoms. The van der Waals surface area contributed by atoms with Crippen molar-refractivity contribution in [1.82, 2.24) is 4.90 Å². The lowest BCUT2D eigenvalue weighted by atomic mass is 10.1. The fraction of sp³-hybridized carbons (Fsp3) is 0.864. The first kappa shape index (κ1) is 27.7. The van der Waals surface area contributed by atoms with Gasteiger partial charge < -0.3 is 10.0 Å². The van der Waals surface area contributed by atoms with E-state index >= 15 is 0 Å². The fourth-order valence-corrected chi connectivity index (χ4v) is 3.08. The Morgan fingerprint density at radius 3 is 1.81 bits per heavy atom. The molecule has 1 N–H and O–H groups in total. The van der Waals surface area contributed by atoms with Gasteiger partial charge in [-0.25, -0.2) is 0 Å². The quantitative estimate of drug-likeness (QED) is 0.221. The summed E-state index contributed by atoms with van der Waals surface area (Å²) in [5.41, 5.74) is 0. The van der Waals surface area contributed by atoms with Crippen molar-refractivity contribution in [3.05, 3.63) is 12.2 Å². The summed E-state index contributed by atoms with van der Waals surface area (Å²) >= 11 is 0. The minimum atomic E-state index is 0. The molecule has 0 atom stereocenters. The molecule has 0 rings (SSSR count). The van der Waals surface area contributed by atoms with Crippen LogP contribution in [0.2, 0.25) is 0 Å². The summed E-state index contributed by atoms with van der Waals surface area (Å²) < 4.78 is 0. The van der Waals surface area contributed by atoms with Crippen molar-refractivity contribution in [3.63, 3.8) is 0 Å². The number of nitrogens with zero attached hydrogens (tertiary/aromatic N) is 1. The third-order valence-corrected chi connectivity index (χ3v) is 4.76. The minimum Gasteiger partial charge on any atom is -0.395 e. The summed E-state index contributed by atoms with van der Waals surface area (Å²) in [6.07, 6.45) is 21.9. The highest BCUT2D eigenvalue weighted by molar-refractivity contribution is 5.85. The van der Waals surface area contributed by atoms with E-state index in [1.54, 1.807) is 4.90 Å². The number of carbonyl (C=O) groups excluding carboxylic acids is 1. The van der Waals surface area contributed by atoms with Gasteiger partial charge in [-0.15, -0.1) is 12.4 Å². The molecule has 0 saturated carbocycles. The summed E-state index contributed by atoms with van der Waals surface area (Å²) in [6, 6.07) is 0. The van der Waals surface area contributed by atoms with E-state index < -0.39 is 0 Å². The number of rotatable bonds is 18. The SMILES string of the molecule is CCCCCCCC/C=C\CCCCCCCC(=O)N(CC)CCO.Cl. The zero-order valence-corrected chi connectivity index (χ0v) is 18.2. The van der Waals surface area contributed by atoms with Gasteiger partial charge in [0.05, 0.1) is 6.61 Å². The Hall–Kier alpha value is -0.540. The van der Waals surface area contributed by atoms with Crippen LogP contribution in [-0.2, 0) is 4.79 Å². The van der Waals surface area contributed by atoms with Crippen molar-refractivity contribution < 1.29 is 9.90 Å².